The third-order valence-electron chi connectivity index (χ3n) is 4.42. The van der Waals surface area contributed by atoms with Gasteiger partial charge in [-0.25, -0.2) is 9.55 Å². The highest BCUT2D eigenvalue weighted by atomic mass is 35.5. The molecule has 3 rings (SSSR count). The predicted octanol–water partition coefficient (Wildman–Crippen LogP) is 4.37. The molecule has 0 spiro atoms. The van der Waals surface area contributed by atoms with Crippen LogP contribution in [0, 0.1) is 0 Å². The first-order chi connectivity index (χ1) is 12.2. The fraction of sp³-hybridized carbons (Fsp3) is 0.350. The average Bonchev–Trinajstić information content (AvgIpc) is 2.97. The van der Waals surface area contributed by atoms with Crippen LogP contribution in [0.1, 0.15) is 38.2 Å². The average molecular weight is 358 g/mol. The number of nitrogens with one attached hydrogen (secondary N) is 2. The number of halogens is 1. The molecule has 1 heterocycles. The zero-order valence-electron chi connectivity index (χ0n) is 14.5. The normalized spacial score (nSPS) is 11.1. The minimum atomic E-state index is 0.00232. The van der Waals surface area contributed by atoms with E-state index in [1.807, 2.05) is 6.07 Å². The van der Waals surface area contributed by atoms with Gasteiger partial charge < -0.3 is 5.11 Å². The number of hydrogen-bond acceptors (Lipinski definition) is 2. The van der Waals surface area contributed by atoms with Crippen LogP contribution in [0.2, 0.25) is 5.02 Å². The molecule has 0 atom stereocenters. The van der Waals surface area contributed by atoms with Crippen molar-refractivity contribution in [1.29, 1.82) is 0 Å². The zero-order chi connectivity index (χ0) is 17.6. The van der Waals surface area contributed by atoms with Crippen LogP contribution in [0.15, 0.2) is 42.5 Å². The van der Waals surface area contributed by atoms with Crippen LogP contribution >= 0.6 is 11.6 Å². The molecule has 5 heteroatoms. The topological polar surface area (TPSA) is 54.8 Å². The van der Waals surface area contributed by atoms with Crippen LogP contribution in [0.4, 0.5) is 5.95 Å². The summed E-state index contributed by atoms with van der Waals surface area (Å²) in [6, 6.07) is 13.1. The number of aromatic amines is 1. The highest BCUT2D eigenvalue weighted by Crippen LogP contribution is 2.20. The van der Waals surface area contributed by atoms with Gasteiger partial charge in [-0.1, -0.05) is 56.0 Å². The van der Waals surface area contributed by atoms with Crippen molar-refractivity contribution in [2.45, 2.75) is 45.7 Å². The molecule has 0 radical (unpaired) electrons. The molecule has 132 valence electrons. The number of hydrogen-bond donors (Lipinski definition) is 2. The number of rotatable bonds is 8. The van der Waals surface area contributed by atoms with Gasteiger partial charge in [0.25, 0.3) is 0 Å². The summed E-state index contributed by atoms with van der Waals surface area (Å²) in [6.45, 7) is 3.62. The molecule has 0 bridgehead atoms. The summed E-state index contributed by atoms with van der Waals surface area (Å²) in [5.74, 6) is 0.930. The number of unbranched alkanes of at least 4 members (excludes halogenated alkanes) is 3. The van der Waals surface area contributed by atoms with E-state index in [0.29, 0.717) is 17.1 Å². The Bertz CT molecular complexity index is 844. The van der Waals surface area contributed by atoms with Gasteiger partial charge in [-0.3, -0.25) is 5.32 Å². The van der Waals surface area contributed by atoms with Gasteiger partial charge >= 0.3 is 5.95 Å². The van der Waals surface area contributed by atoms with Crippen LogP contribution in [-0.4, -0.2) is 4.98 Å². The van der Waals surface area contributed by atoms with E-state index in [1.54, 1.807) is 12.1 Å². The van der Waals surface area contributed by atoms with Crippen LogP contribution in [0.25, 0.3) is 11.0 Å². The number of aromatic nitrogens is 2. The number of nitrogens with zero attached hydrogens (tertiary/aromatic N) is 1. The van der Waals surface area contributed by atoms with Gasteiger partial charge in [0.15, 0.2) is 0 Å². The van der Waals surface area contributed by atoms with Gasteiger partial charge in [-0.05, 0) is 36.2 Å². The van der Waals surface area contributed by atoms with Crippen molar-refractivity contribution < 1.29 is 9.67 Å². The summed E-state index contributed by atoms with van der Waals surface area (Å²) in [5.41, 5.74) is 2.94. The second-order valence-corrected chi connectivity index (χ2v) is 6.75. The van der Waals surface area contributed by atoms with E-state index in [-0.39, 0.29) is 5.75 Å². The quantitative estimate of drug-likeness (QED) is 0.464. The molecule has 0 saturated carbocycles. The van der Waals surface area contributed by atoms with Gasteiger partial charge in [0.1, 0.15) is 11.0 Å². The highest BCUT2D eigenvalue weighted by Gasteiger charge is 2.16. The van der Waals surface area contributed by atoms with Crippen LogP contribution in [0.5, 0.6) is 5.75 Å². The van der Waals surface area contributed by atoms with Crippen molar-refractivity contribution in [3.05, 3.63) is 53.1 Å². The molecule has 4 nitrogen and oxygen atoms in total. The van der Waals surface area contributed by atoms with E-state index < -0.39 is 0 Å². The zero-order valence-corrected chi connectivity index (χ0v) is 15.3. The number of aryl methyl sites for hydroxylation is 1. The molecule has 2 N–H and O–H groups in total. The van der Waals surface area contributed by atoms with Crippen molar-refractivity contribution in [3.63, 3.8) is 0 Å². The fourth-order valence-corrected chi connectivity index (χ4v) is 3.26. The number of para-hydroxylation sites is 2. The Morgan fingerprint density at radius 1 is 1.12 bits per heavy atom. The van der Waals surface area contributed by atoms with E-state index in [9.17, 15) is 5.11 Å². The van der Waals surface area contributed by atoms with Crippen LogP contribution in [0.3, 0.4) is 0 Å². The monoisotopic (exact) mass is 357 g/mol. The number of fused-ring (bicyclic) bond motifs is 1. The lowest BCUT2D eigenvalue weighted by Crippen LogP contribution is -2.36. The fourth-order valence-electron chi connectivity index (χ4n) is 3.06. The Morgan fingerprint density at radius 3 is 2.80 bits per heavy atom. The Morgan fingerprint density at radius 2 is 1.96 bits per heavy atom. The SMILES string of the molecule is CCCCCC[n+]1c(NCc2cc(Cl)ccc2[O-])[nH]c2ccccc21. The molecule has 0 amide bonds. The lowest BCUT2D eigenvalue weighted by molar-refractivity contribution is -0.657. The molecule has 3 aromatic rings. The Labute approximate surface area is 153 Å². The summed E-state index contributed by atoms with van der Waals surface area (Å²) in [5, 5.41) is 15.9. The minimum absolute atomic E-state index is 0.00232. The number of H-pyrrole nitrogens is 1. The van der Waals surface area contributed by atoms with E-state index in [0.717, 1.165) is 24.4 Å². The second kappa shape index (κ2) is 8.26. The molecule has 2 aromatic carbocycles. The molecule has 1 aromatic heterocycles. The van der Waals surface area contributed by atoms with Gasteiger partial charge in [0.05, 0.1) is 13.1 Å². The second-order valence-electron chi connectivity index (χ2n) is 6.31. The molecule has 0 aliphatic heterocycles. The summed E-state index contributed by atoms with van der Waals surface area (Å²) in [7, 11) is 0. The molecule has 0 aliphatic rings. The first-order valence-electron chi connectivity index (χ1n) is 8.89. The van der Waals surface area contributed by atoms with Crippen molar-refractivity contribution in [2.75, 3.05) is 5.32 Å². The van der Waals surface area contributed by atoms with Gasteiger partial charge in [-0.15, -0.1) is 5.75 Å². The smallest absolute Gasteiger partial charge is 0.356 e. The number of benzene rings is 2. The van der Waals surface area contributed by atoms with E-state index in [4.69, 9.17) is 11.6 Å². The number of anilines is 1. The number of imidazole rings is 1. The van der Waals surface area contributed by atoms with Crippen molar-refractivity contribution >= 4 is 28.6 Å². The van der Waals surface area contributed by atoms with Crippen LogP contribution < -0.4 is 15.0 Å². The Balaban J connectivity index is 1.80. The minimum Gasteiger partial charge on any atom is -0.872 e. The van der Waals surface area contributed by atoms with E-state index >= 15 is 0 Å². The van der Waals surface area contributed by atoms with E-state index in [1.165, 1.54) is 30.8 Å². The summed E-state index contributed by atoms with van der Waals surface area (Å²) in [4.78, 5) is 3.43. The van der Waals surface area contributed by atoms with Crippen molar-refractivity contribution in [3.8, 4) is 5.75 Å². The van der Waals surface area contributed by atoms with E-state index in [2.05, 4.69) is 40.0 Å². The standard InChI is InChI=1S/C20H24ClN3O/c1-2-3-4-7-12-24-18-9-6-5-8-17(18)23-20(24)22-14-15-13-16(21)10-11-19(15)25/h5-6,8-11,13H,2-4,7,12,14H2,1H3,(H2,22,23,25). The van der Waals surface area contributed by atoms with Gasteiger partial charge in [0.2, 0.25) is 0 Å². The molecule has 25 heavy (non-hydrogen) atoms. The highest BCUT2D eigenvalue weighted by molar-refractivity contribution is 6.30. The predicted molar refractivity (Wildman–Crippen MR) is 101 cm³/mol. The lowest BCUT2D eigenvalue weighted by Gasteiger charge is -2.12. The molecule has 0 saturated heterocycles. The van der Waals surface area contributed by atoms with Crippen molar-refractivity contribution in [1.82, 2.24) is 4.98 Å². The molecular weight excluding hydrogens is 334 g/mol. The molecule has 0 unspecified atom stereocenters. The summed E-state index contributed by atoms with van der Waals surface area (Å²) < 4.78 is 2.26. The first kappa shape index (κ1) is 17.6. The third-order valence-corrected chi connectivity index (χ3v) is 4.66. The maximum atomic E-state index is 12.0. The molecular formula is C20H24ClN3O. The maximum Gasteiger partial charge on any atom is 0.356 e. The van der Waals surface area contributed by atoms with Gasteiger partial charge in [-0.2, -0.15) is 0 Å². The Kier molecular flexibility index (Phi) is 5.82. The Hall–Kier alpha value is -2.20. The summed E-state index contributed by atoms with van der Waals surface area (Å²) in [6.07, 6.45) is 4.85. The molecule has 0 aliphatic carbocycles. The largest absolute Gasteiger partial charge is 0.872 e. The maximum absolute atomic E-state index is 12.0. The third kappa shape index (κ3) is 4.26. The lowest BCUT2D eigenvalue weighted by atomic mass is 10.2. The van der Waals surface area contributed by atoms with Crippen LogP contribution in [-0.2, 0) is 13.1 Å². The summed E-state index contributed by atoms with van der Waals surface area (Å²) >= 11 is 6.01. The van der Waals surface area contributed by atoms with Crippen molar-refractivity contribution in [2.24, 2.45) is 0 Å². The van der Waals surface area contributed by atoms with Gasteiger partial charge in [0, 0.05) is 5.02 Å². The molecule has 0 fully saturated rings. The first-order valence-corrected chi connectivity index (χ1v) is 9.26.